The number of amides is 1. The van der Waals surface area contributed by atoms with E-state index in [1.54, 1.807) is 11.9 Å². The molecule has 0 aliphatic heterocycles. The van der Waals surface area contributed by atoms with Gasteiger partial charge in [0.2, 0.25) is 0 Å². The molecule has 16 heavy (non-hydrogen) atoms. The summed E-state index contributed by atoms with van der Waals surface area (Å²) in [5, 5.41) is 3.02. The van der Waals surface area contributed by atoms with Crippen LogP contribution in [0, 0.1) is 0 Å². The van der Waals surface area contributed by atoms with Gasteiger partial charge in [0.15, 0.2) is 0 Å². The molecule has 0 aliphatic carbocycles. The smallest absolute Gasteiger partial charge is 0.253 e. The number of nitrogens with one attached hydrogen (secondary N) is 1. The van der Waals surface area contributed by atoms with E-state index < -0.39 is 0 Å². The Hall–Kier alpha value is -0.390. The van der Waals surface area contributed by atoms with Crippen LogP contribution in [0.4, 0.5) is 0 Å². The summed E-state index contributed by atoms with van der Waals surface area (Å²) in [6.07, 6.45) is 0. The normalized spacial score (nSPS) is 10.2. The van der Waals surface area contributed by atoms with E-state index in [0.29, 0.717) is 12.1 Å². The largest absolute Gasteiger partial charge is 0.340 e. The zero-order chi connectivity index (χ0) is 12.1. The number of likely N-dealkylation sites (N-methyl/N-ethyl adjacent to an activating group) is 2. The van der Waals surface area contributed by atoms with Crippen molar-refractivity contribution in [2.24, 2.45) is 0 Å². The van der Waals surface area contributed by atoms with Gasteiger partial charge in [0.05, 0.1) is 0 Å². The van der Waals surface area contributed by atoms with Crippen molar-refractivity contribution in [1.29, 1.82) is 0 Å². The van der Waals surface area contributed by atoms with Crippen LogP contribution in [0.25, 0.3) is 0 Å². The first-order chi connectivity index (χ1) is 7.54. The highest BCUT2D eigenvalue weighted by atomic mass is 79.9. The van der Waals surface area contributed by atoms with E-state index in [1.807, 2.05) is 25.2 Å². The maximum Gasteiger partial charge on any atom is 0.253 e. The third-order valence-corrected chi connectivity index (χ3v) is 3.07. The highest BCUT2D eigenvalue weighted by Gasteiger charge is 2.12. The molecule has 1 aromatic carbocycles. The van der Waals surface area contributed by atoms with Gasteiger partial charge in [-0.3, -0.25) is 4.79 Å². The molecule has 0 spiro atoms. The molecule has 0 aromatic heterocycles. The molecule has 1 amide bonds. The van der Waals surface area contributed by atoms with Crippen molar-refractivity contribution in [3.05, 3.63) is 32.7 Å². The molecule has 0 saturated heterocycles. The minimum absolute atomic E-state index is 0.0252. The van der Waals surface area contributed by atoms with E-state index in [-0.39, 0.29) is 5.91 Å². The fourth-order valence-corrected chi connectivity index (χ4v) is 2.57. The van der Waals surface area contributed by atoms with Crippen LogP contribution in [0.3, 0.4) is 0 Å². The number of carbonyl (C=O) groups is 1. The van der Waals surface area contributed by atoms with Crippen LogP contribution >= 0.6 is 31.9 Å². The minimum Gasteiger partial charge on any atom is -0.340 e. The lowest BCUT2D eigenvalue weighted by molar-refractivity contribution is 0.0796. The Morgan fingerprint density at radius 1 is 1.31 bits per heavy atom. The maximum atomic E-state index is 12.0. The first-order valence-corrected chi connectivity index (χ1v) is 6.49. The molecule has 88 valence electrons. The van der Waals surface area contributed by atoms with Crippen LogP contribution in [0.1, 0.15) is 10.4 Å². The van der Waals surface area contributed by atoms with Gasteiger partial charge in [-0.25, -0.2) is 0 Å². The molecule has 0 bridgehead atoms. The zero-order valence-electron chi connectivity index (χ0n) is 9.26. The number of hydrogen-bond acceptors (Lipinski definition) is 2. The van der Waals surface area contributed by atoms with Gasteiger partial charge in [-0.2, -0.15) is 0 Å². The van der Waals surface area contributed by atoms with Gasteiger partial charge < -0.3 is 10.2 Å². The molecule has 0 atom stereocenters. The molecule has 5 heteroatoms. The van der Waals surface area contributed by atoms with Crippen molar-refractivity contribution in [3.63, 3.8) is 0 Å². The van der Waals surface area contributed by atoms with Crippen LogP contribution in [-0.2, 0) is 0 Å². The highest BCUT2D eigenvalue weighted by Crippen LogP contribution is 2.20. The minimum atomic E-state index is 0.0252. The van der Waals surface area contributed by atoms with Gasteiger partial charge in [0.1, 0.15) is 0 Å². The Balaban J connectivity index is 2.79. The zero-order valence-corrected chi connectivity index (χ0v) is 12.4. The number of benzene rings is 1. The lowest BCUT2D eigenvalue weighted by atomic mass is 10.2. The Labute approximate surface area is 112 Å². The molecular formula is C11H14Br2N2O. The number of hydrogen-bond donors (Lipinski definition) is 1. The standard InChI is InChI=1S/C11H14Br2N2O/c1-14-3-4-15(2)11(16)8-5-9(12)7-10(13)6-8/h5-7,14H,3-4H2,1-2H3. The Morgan fingerprint density at radius 2 is 1.88 bits per heavy atom. The molecule has 0 unspecified atom stereocenters. The van der Waals surface area contributed by atoms with Crippen LogP contribution in [-0.4, -0.2) is 38.0 Å². The number of halogens is 2. The summed E-state index contributed by atoms with van der Waals surface area (Å²) in [5.41, 5.74) is 0.680. The van der Waals surface area contributed by atoms with Crippen molar-refractivity contribution < 1.29 is 4.79 Å². The lowest BCUT2D eigenvalue weighted by Crippen LogP contribution is -2.32. The van der Waals surface area contributed by atoms with E-state index in [2.05, 4.69) is 37.2 Å². The Kier molecular flexibility index (Phi) is 5.44. The summed E-state index contributed by atoms with van der Waals surface area (Å²) < 4.78 is 1.79. The fraction of sp³-hybridized carbons (Fsp3) is 0.364. The average molecular weight is 350 g/mol. The summed E-state index contributed by atoms with van der Waals surface area (Å²) in [7, 11) is 3.67. The van der Waals surface area contributed by atoms with Crippen molar-refractivity contribution in [3.8, 4) is 0 Å². The van der Waals surface area contributed by atoms with E-state index in [4.69, 9.17) is 0 Å². The van der Waals surface area contributed by atoms with Crippen LogP contribution in [0.2, 0.25) is 0 Å². The number of rotatable bonds is 4. The van der Waals surface area contributed by atoms with E-state index >= 15 is 0 Å². The maximum absolute atomic E-state index is 12.0. The number of carbonyl (C=O) groups excluding carboxylic acids is 1. The van der Waals surface area contributed by atoms with Crippen LogP contribution in [0.5, 0.6) is 0 Å². The topological polar surface area (TPSA) is 32.3 Å². The van der Waals surface area contributed by atoms with E-state index in [9.17, 15) is 4.79 Å². The summed E-state index contributed by atoms with van der Waals surface area (Å²) in [4.78, 5) is 13.7. The second kappa shape index (κ2) is 6.37. The van der Waals surface area contributed by atoms with Crippen molar-refractivity contribution in [2.75, 3.05) is 27.2 Å². The molecule has 0 fully saturated rings. The summed E-state index contributed by atoms with van der Waals surface area (Å²) in [6, 6.07) is 5.55. The average Bonchev–Trinajstić information content (AvgIpc) is 2.23. The quantitative estimate of drug-likeness (QED) is 0.905. The number of nitrogens with zero attached hydrogens (tertiary/aromatic N) is 1. The van der Waals surface area contributed by atoms with Crippen LogP contribution < -0.4 is 5.32 Å². The summed E-state index contributed by atoms with van der Waals surface area (Å²) in [6.45, 7) is 1.48. The van der Waals surface area contributed by atoms with Gasteiger partial charge in [-0.05, 0) is 25.2 Å². The van der Waals surface area contributed by atoms with Gasteiger partial charge in [0.25, 0.3) is 5.91 Å². The molecule has 0 radical (unpaired) electrons. The SMILES string of the molecule is CNCCN(C)C(=O)c1cc(Br)cc(Br)c1. The van der Waals surface area contributed by atoms with Crippen LogP contribution in [0.15, 0.2) is 27.1 Å². The first kappa shape index (κ1) is 13.7. The fourth-order valence-electron chi connectivity index (χ4n) is 1.28. The third-order valence-electron chi connectivity index (χ3n) is 2.15. The molecule has 1 aromatic rings. The van der Waals surface area contributed by atoms with Gasteiger partial charge in [-0.1, -0.05) is 31.9 Å². The Bertz CT molecular complexity index is 362. The molecule has 1 rings (SSSR count). The first-order valence-electron chi connectivity index (χ1n) is 4.90. The molecule has 0 heterocycles. The van der Waals surface area contributed by atoms with Gasteiger partial charge in [0, 0.05) is 34.6 Å². The molecule has 0 saturated carbocycles. The molecule has 0 aliphatic rings. The molecule has 3 nitrogen and oxygen atoms in total. The van der Waals surface area contributed by atoms with Crippen molar-refractivity contribution in [2.45, 2.75) is 0 Å². The predicted octanol–water partition coefficient (Wildman–Crippen LogP) is 2.50. The predicted molar refractivity (Wildman–Crippen MR) is 72.7 cm³/mol. The van der Waals surface area contributed by atoms with Crippen molar-refractivity contribution in [1.82, 2.24) is 10.2 Å². The monoisotopic (exact) mass is 348 g/mol. The summed E-state index contributed by atoms with van der Waals surface area (Å²) >= 11 is 6.74. The lowest BCUT2D eigenvalue weighted by Gasteiger charge is -2.17. The van der Waals surface area contributed by atoms with E-state index in [0.717, 1.165) is 15.5 Å². The highest BCUT2D eigenvalue weighted by molar-refractivity contribution is 9.11. The Morgan fingerprint density at radius 3 is 2.38 bits per heavy atom. The molecule has 1 N–H and O–H groups in total. The third kappa shape index (κ3) is 3.88. The second-order valence-corrected chi connectivity index (χ2v) is 5.32. The van der Waals surface area contributed by atoms with Gasteiger partial charge >= 0.3 is 0 Å². The van der Waals surface area contributed by atoms with Crippen molar-refractivity contribution >= 4 is 37.8 Å². The molecular weight excluding hydrogens is 336 g/mol. The van der Waals surface area contributed by atoms with Gasteiger partial charge in [-0.15, -0.1) is 0 Å². The second-order valence-electron chi connectivity index (χ2n) is 3.49. The van der Waals surface area contributed by atoms with E-state index in [1.165, 1.54) is 0 Å². The summed E-state index contributed by atoms with van der Waals surface area (Å²) in [5.74, 6) is 0.0252.